The Balaban J connectivity index is 2.25. The van der Waals surface area contributed by atoms with Gasteiger partial charge < -0.3 is 10.2 Å². The maximum Gasteiger partial charge on any atom is 0.398 e. The number of carbonyl (C=O) groups excluding carboxylic acids is 1. The molecule has 0 saturated heterocycles. The second-order valence-electron chi connectivity index (χ2n) is 5.71. The molecule has 0 aliphatic heterocycles. The van der Waals surface area contributed by atoms with Crippen LogP contribution in [0.1, 0.15) is 10.4 Å². The molecular formula is C17H16F3N3O3S. The summed E-state index contributed by atoms with van der Waals surface area (Å²) >= 11 is 0.551. The van der Waals surface area contributed by atoms with E-state index in [1.54, 1.807) is 31.1 Å². The number of nitro benzene ring substituents is 1. The summed E-state index contributed by atoms with van der Waals surface area (Å²) in [5.74, 6) is -1.74. The van der Waals surface area contributed by atoms with E-state index in [9.17, 15) is 28.1 Å². The van der Waals surface area contributed by atoms with Gasteiger partial charge in [0.1, 0.15) is 5.69 Å². The lowest BCUT2D eigenvalue weighted by Gasteiger charge is -2.14. The minimum absolute atomic E-state index is 0.0305. The van der Waals surface area contributed by atoms with E-state index >= 15 is 0 Å². The molecule has 0 radical (unpaired) electrons. The van der Waals surface area contributed by atoms with Crippen molar-refractivity contribution in [2.75, 3.05) is 30.1 Å². The number of nitrogens with zero attached hydrogens (tertiary/aromatic N) is 2. The second kappa shape index (κ2) is 8.30. The van der Waals surface area contributed by atoms with Gasteiger partial charge in [-0.05, 0) is 24.3 Å². The van der Waals surface area contributed by atoms with Crippen LogP contribution in [0.2, 0.25) is 0 Å². The number of nitro groups is 1. The van der Waals surface area contributed by atoms with Crippen molar-refractivity contribution in [1.29, 1.82) is 0 Å². The zero-order valence-electron chi connectivity index (χ0n) is 14.4. The quantitative estimate of drug-likeness (QED) is 0.438. The number of hydrogen-bond donors (Lipinski definition) is 1. The fraction of sp³-hybridized carbons (Fsp3) is 0.235. The van der Waals surface area contributed by atoms with Gasteiger partial charge >= 0.3 is 6.18 Å². The zero-order chi connectivity index (χ0) is 20.2. The molecule has 1 N–H and O–H groups in total. The summed E-state index contributed by atoms with van der Waals surface area (Å²) in [4.78, 5) is 24.9. The largest absolute Gasteiger partial charge is 0.398 e. The van der Waals surface area contributed by atoms with Crippen LogP contribution in [0.4, 0.5) is 30.2 Å². The molecule has 0 fully saturated rings. The Morgan fingerprint density at radius 2 is 1.89 bits per heavy atom. The van der Waals surface area contributed by atoms with E-state index in [-0.39, 0.29) is 21.8 Å². The van der Waals surface area contributed by atoms with Crippen LogP contribution in [0.5, 0.6) is 0 Å². The van der Waals surface area contributed by atoms with Gasteiger partial charge in [0.25, 0.3) is 11.6 Å². The number of thioether (sulfide) groups is 1. The molecule has 0 aliphatic rings. The molecule has 2 aromatic rings. The summed E-state index contributed by atoms with van der Waals surface area (Å²) in [5, 5.41) is 13.7. The minimum Gasteiger partial charge on any atom is -0.372 e. The predicted molar refractivity (Wildman–Crippen MR) is 98.6 cm³/mol. The van der Waals surface area contributed by atoms with Crippen LogP contribution >= 0.6 is 11.8 Å². The van der Waals surface area contributed by atoms with Crippen LogP contribution < -0.4 is 10.2 Å². The van der Waals surface area contributed by atoms with Gasteiger partial charge in [0.05, 0.1) is 16.4 Å². The van der Waals surface area contributed by atoms with Gasteiger partial charge in [0.15, 0.2) is 0 Å². The molecule has 2 aromatic carbocycles. The SMILES string of the molecule is CN(C)c1ccc(C(=O)Nc2ccccc2SCC(F)(F)F)cc1[N+](=O)[O-]. The van der Waals surface area contributed by atoms with Crippen molar-refractivity contribution in [1.82, 2.24) is 0 Å². The van der Waals surface area contributed by atoms with Crippen LogP contribution in [0, 0.1) is 10.1 Å². The van der Waals surface area contributed by atoms with Crippen molar-refractivity contribution in [2.24, 2.45) is 0 Å². The number of anilines is 2. The number of alkyl halides is 3. The summed E-state index contributed by atoms with van der Waals surface area (Å²) < 4.78 is 37.3. The lowest BCUT2D eigenvalue weighted by atomic mass is 10.1. The van der Waals surface area contributed by atoms with E-state index < -0.39 is 22.8 Å². The standard InChI is InChI=1S/C17H16F3N3O3S/c1-22(2)13-8-7-11(9-14(13)23(25)26)16(24)21-12-5-3-4-6-15(12)27-10-17(18,19)20/h3-9H,10H2,1-2H3,(H,21,24). The zero-order valence-corrected chi connectivity index (χ0v) is 15.2. The van der Waals surface area contributed by atoms with Gasteiger partial charge in [-0.15, -0.1) is 11.8 Å². The van der Waals surface area contributed by atoms with Gasteiger partial charge in [-0.3, -0.25) is 14.9 Å². The number of amides is 1. The lowest BCUT2D eigenvalue weighted by molar-refractivity contribution is -0.384. The first-order valence-electron chi connectivity index (χ1n) is 7.64. The fourth-order valence-electron chi connectivity index (χ4n) is 2.24. The molecule has 0 spiro atoms. The van der Waals surface area contributed by atoms with Crippen LogP contribution in [-0.2, 0) is 0 Å². The molecule has 6 nitrogen and oxygen atoms in total. The number of para-hydroxylation sites is 1. The fourth-order valence-corrected chi connectivity index (χ4v) is 3.01. The second-order valence-corrected chi connectivity index (χ2v) is 6.73. The van der Waals surface area contributed by atoms with Crippen LogP contribution in [0.15, 0.2) is 47.4 Å². The summed E-state index contributed by atoms with van der Waals surface area (Å²) in [6, 6.07) is 10.1. The highest BCUT2D eigenvalue weighted by atomic mass is 32.2. The molecule has 0 saturated carbocycles. The highest BCUT2D eigenvalue weighted by molar-refractivity contribution is 7.99. The molecule has 0 aromatic heterocycles. The van der Waals surface area contributed by atoms with Gasteiger partial charge in [-0.25, -0.2) is 0 Å². The molecule has 2 rings (SSSR count). The van der Waals surface area contributed by atoms with E-state index in [1.165, 1.54) is 24.3 Å². The van der Waals surface area contributed by atoms with Gasteiger partial charge in [0.2, 0.25) is 0 Å². The Labute approximate surface area is 157 Å². The average molecular weight is 399 g/mol. The normalized spacial score (nSPS) is 11.1. The summed E-state index contributed by atoms with van der Waals surface area (Å²) in [6.45, 7) is 0. The third kappa shape index (κ3) is 5.61. The molecule has 0 heterocycles. The number of rotatable bonds is 6. The Hall–Kier alpha value is -2.75. The van der Waals surface area contributed by atoms with Crippen molar-refractivity contribution < 1.29 is 22.9 Å². The van der Waals surface area contributed by atoms with Crippen LogP contribution in [-0.4, -0.2) is 36.9 Å². The third-order valence-electron chi connectivity index (χ3n) is 3.44. The van der Waals surface area contributed by atoms with Crippen molar-refractivity contribution in [3.63, 3.8) is 0 Å². The van der Waals surface area contributed by atoms with E-state index in [2.05, 4.69) is 5.32 Å². The molecule has 27 heavy (non-hydrogen) atoms. The van der Waals surface area contributed by atoms with Crippen molar-refractivity contribution >= 4 is 34.7 Å². The maximum atomic E-state index is 12.4. The summed E-state index contributed by atoms with van der Waals surface area (Å²) in [7, 11) is 3.27. The number of benzene rings is 2. The number of halogens is 3. The molecule has 0 bridgehead atoms. The molecule has 0 unspecified atom stereocenters. The number of carbonyl (C=O) groups is 1. The Kier molecular flexibility index (Phi) is 6.32. The average Bonchev–Trinajstić information content (AvgIpc) is 2.59. The summed E-state index contributed by atoms with van der Waals surface area (Å²) in [5.41, 5.74) is 0.323. The van der Waals surface area contributed by atoms with Crippen molar-refractivity contribution in [2.45, 2.75) is 11.1 Å². The van der Waals surface area contributed by atoms with E-state index in [1.807, 2.05) is 0 Å². The monoisotopic (exact) mass is 399 g/mol. The first-order chi connectivity index (χ1) is 12.6. The molecular weight excluding hydrogens is 383 g/mol. The maximum absolute atomic E-state index is 12.4. The highest BCUT2D eigenvalue weighted by Gasteiger charge is 2.28. The van der Waals surface area contributed by atoms with E-state index in [0.29, 0.717) is 17.4 Å². The van der Waals surface area contributed by atoms with Crippen molar-refractivity contribution in [3.05, 3.63) is 58.1 Å². The van der Waals surface area contributed by atoms with Gasteiger partial charge in [-0.1, -0.05) is 12.1 Å². The predicted octanol–water partition coefficient (Wildman–Crippen LogP) is 4.57. The number of hydrogen-bond acceptors (Lipinski definition) is 5. The van der Waals surface area contributed by atoms with E-state index in [0.717, 1.165) is 6.07 Å². The molecule has 1 amide bonds. The highest BCUT2D eigenvalue weighted by Crippen LogP contribution is 2.33. The topological polar surface area (TPSA) is 75.5 Å². The van der Waals surface area contributed by atoms with Gasteiger partial charge in [0, 0.05) is 30.6 Å². The first kappa shape index (κ1) is 20.6. The molecule has 144 valence electrons. The van der Waals surface area contributed by atoms with Gasteiger partial charge in [-0.2, -0.15) is 13.2 Å². The Bertz CT molecular complexity index is 857. The lowest BCUT2D eigenvalue weighted by Crippen LogP contribution is -2.15. The molecule has 10 heteroatoms. The molecule has 0 aliphatic carbocycles. The van der Waals surface area contributed by atoms with Crippen molar-refractivity contribution in [3.8, 4) is 0 Å². The Morgan fingerprint density at radius 1 is 1.22 bits per heavy atom. The third-order valence-corrected chi connectivity index (χ3v) is 4.58. The smallest absolute Gasteiger partial charge is 0.372 e. The van der Waals surface area contributed by atoms with Crippen LogP contribution in [0.3, 0.4) is 0 Å². The van der Waals surface area contributed by atoms with Crippen LogP contribution in [0.25, 0.3) is 0 Å². The molecule has 0 atom stereocenters. The first-order valence-corrected chi connectivity index (χ1v) is 8.63. The van der Waals surface area contributed by atoms with E-state index in [4.69, 9.17) is 0 Å². The number of nitrogens with one attached hydrogen (secondary N) is 1. The summed E-state index contributed by atoms with van der Waals surface area (Å²) in [6.07, 6.45) is -4.34. The minimum atomic E-state index is -4.34. The Morgan fingerprint density at radius 3 is 2.48 bits per heavy atom.